The highest BCUT2D eigenvalue weighted by atomic mass is 32.1. The van der Waals surface area contributed by atoms with Gasteiger partial charge in [0.2, 0.25) is 5.91 Å². The monoisotopic (exact) mass is 316 g/mol. The van der Waals surface area contributed by atoms with Crippen molar-refractivity contribution in [2.24, 2.45) is 5.73 Å². The van der Waals surface area contributed by atoms with Crippen LogP contribution in [0.4, 0.5) is 0 Å². The molecule has 2 heterocycles. The molecule has 116 valence electrons. The standard InChI is InChI=1S/C17H20N2O2S/c1-21-15-4-2-12(3-5-15)13-6-7-19(9-13)10-16-8-14(11-22-16)17(18)20/h2-5,8,11,13H,6-7,9-10H2,1H3,(H2,18,20)/t13-/m1/s1. The van der Waals surface area contributed by atoms with Crippen LogP contribution in [0.1, 0.15) is 33.1 Å². The van der Waals surface area contributed by atoms with Crippen LogP contribution in [0.15, 0.2) is 35.7 Å². The summed E-state index contributed by atoms with van der Waals surface area (Å²) in [5.41, 5.74) is 7.29. The number of benzene rings is 1. The van der Waals surface area contributed by atoms with Gasteiger partial charge in [0, 0.05) is 23.3 Å². The van der Waals surface area contributed by atoms with Gasteiger partial charge in [-0.05, 0) is 42.6 Å². The first-order valence-corrected chi connectivity index (χ1v) is 8.27. The number of carbonyl (C=O) groups is 1. The highest BCUT2D eigenvalue weighted by Gasteiger charge is 2.24. The quantitative estimate of drug-likeness (QED) is 0.923. The minimum Gasteiger partial charge on any atom is -0.497 e. The lowest BCUT2D eigenvalue weighted by Crippen LogP contribution is -2.19. The van der Waals surface area contributed by atoms with E-state index in [1.807, 2.05) is 23.6 Å². The number of thiophene rings is 1. The van der Waals surface area contributed by atoms with Gasteiger partial charge < -0.3 is 10.5 Å². The molecule has 22 heavy (non-hydrogen) atoms. The number of methoxy groups -OCH3 is 1. The van der Waals surface area contributed by atoms with E-state index in [4.69, 9.17) is 10.5 Å². The Morgan fingerprint density at radius 2 is 2.18 bits per heavy atom. The molecule has 1 aromatic carbocycles. The van der Waals surface area contributed by atoms with Crippen molar-refractivity contribution >= 4 is 17.2 Å². The Labute approximate surface area is 134 Å². The average molecular weight is 316 g/mol. The summed E-state index contributed by atoms with van der Waals surface area (Å²) in [6.07, 6.45) is 1.17. The number of likely N-dealkylation sites (tertiary alicyclic amines) is 1. The molecule has 1 atom stereocenters. The first kappa shape index (κ1) is 15.1. The van der Waals surface area contributed by atoms with Crippen LogP contribution in [0, 0.1) is 0 Å². The molecule has 0 unspecified atom stereocenters. The Bertz CT molecular complexity index is 651. The first-order chi connectivity index (χ1) is 10.7. The van der Waals surface area contributed by atoms with Crippen molar-refractivity contribution in [1.29, 1.82) is 0 Å². The van der Waals surface area contributed by atoms with Gasteiger partial charge in [-0.15, -0.1) is 11.3 Å². The molecular formula is C17H20N2O2S. The predicted octanol–water partition coefficient (Wildman–Crippen LogP) is 2.85. The van der Waals surface area contributed by atoms with E-state index in [1.165, 1.54) is 16.9 Å². The third kappa shape index (κ3) is 3.31. The van der Waals surface area contributed by atoms with E-state index in [0.717, 1.165) is 25.4 Å². The summed E-state index contributed by atoms with van der Waals surface area (Å²) in [6, 6.07) is 10.3. The largest absolute Gasteiger partial charge is 0.497 e. The number of nitrogens with two attached hydrogens (primary N) is 1. The van der Waals surface area contributed by atoms with Crippen molar-refractivity contribution in [3.05, 3.63) is 51.7 Å². The molecule has 2 N–H and O–H groups in total. The summed E-state index contributed by atoms with van der Waals surface area (Å²) in [6.45, 7) is 3.03. The third-order valence-electron chi connectivity index (χ3n) is 4.18. The van der Waals surface area contributed by atoms with Crippen LogP contribution in [-0.2, 0) is 6.54 Å². The number of hydrogen-bond acceptors (Lipinski definition) is 4. The fraction of sp³-hybridized carbons (Fsp3) is 0.353. The number of primary amides is 1. The van der Waals surface area contributed by atoms with Crippen LogP contribution in [0.3, 0.4) is 0 Å². The molecule has 0 saturated carbocycles. The summed E-state index contributed by atoms with van der Waals surface area (Å²) in [4.78, 5) is 14.8. The van der Waals surface area contributed by atoms with Gasteiger partial charge in [-0.3, -0.25) is 9.69 Å². The summed E-state index contributed by atoms with van der Waals surface area (Å²) in [5, 5.41) is 1.84. The lowest BCUT2D eigenvalue weighted by molar-refractivity contribution is 0.100. The molecule has 0 aliphatic carbocycles. The van der Waals surface area contributed by atoms with Gasteiger partial charge in [-0.2, -0.15) is 0 Å². The second-order valence-corrected chi connectivity index (χ2v) is 6.66. The number of ether oxygens (including phenoxy) is 1. The van der Waals surface area contributed by atoms with Gasteiger partial charge in [0.15, 0.2) is 0 Å². The molecule has 0 spiro atoms. The molecule has 1 amide bonds. The summed E-state index contributed by atoms with van der Waals surface area (Å²) < 4.78 is 5.21. The van der Waals surface area contributed by atoms with Gasteiger partial charge in [0.25, 0.3) is 0 Å². The molecule has 0 bridgehead atoms. The Balaban J connectivity index is 1.60. The fourth-order valence-electron chi connectivity index (χ4n) is 2.94. The van der Waals surface area contributed by atoms with E-state index in [1.54, 1.807) is 18.4 Å². The zero-order valence-corrected chi connectivity index (χ0v) is 13.4. The van der Waals surface area contributed by atoms with Crippen molar-refractivity contribution in [3.8, 4) is 5.75 Å². The van der Waals surface area contributed by atoms with Crippen molar-refractivity contribution in [2.45, 2.75) is 18.9 Å². The highest BCUT2D eigenvalue weighted by molar-refractivity contribution is 7.10. The molecule has 1 saturated heterocycles. The second-order valence-electron chi connectivity index (χ2n) is 5.66. The summed E-state index contributed by atoms with van der Waals surface area (Å²) in [7, 11) is 1.69. The Morgan fingerprint density at radius 1 is 1.41 bits per heavy atom. The first-order valence-electron chi connectivity index (χ1n) is 7.39. The predicted molar refractivity (Wildman–Crippen MR) is 88.5 cm³/mol. The van der Waals surface area contributed by atoms with Crippen molar-refractivity contribution in [2.75, 3.05) is 20.2 Å². The third-order valence-corrected chi connectivity index (χ3v) is 5.10. The van der Waals surface area contributed by atoms with Crippen LogP contribution >= 0.6 is 11.3 Å². The minimum absolute atomic E-state index is 0.347. The summed E-state index contributed by atoms with van der Waals surface area (Å²) >= 11 is 1.61. The maximum atomic E-state index is 11.1. The van der Waals surface area contributed by atoms with E-state index in [0.29, 0.717) is 11.5 Å². The van der Waals surface area contributed by atoms with Crippen molar-refractivity contribution in [1.82, 2.24) is 4.90 Å². The number of amides is 1. The Kier molecular flexibility index (Phi) is 4.45. The molecule has 3 rings (SSSR count). The number of hydrogen-bond donors (Lipinski definition) is 1. The normalized spacial score (nSPS) is 18.5. The molecule has 2 aromatic rings. The van der Waals surface area contributed by atoms with Gasteiger partial charge in [-0.25, -0.2) is 0 Å². The van der Waals surface area contributed by atoms with Crippen LogP contribution in [-0.4, -0.2) is 31.0 Å². The zero-order valence-electron chi connectivity index (χ0n) is 12.6. The van der Waals surface area contributed by atoms with E-state index in [2.05, 4.69) is 17.0 Å². The van der Waals surface area contributed by atoms with E-state index in [-0.39, 0.29) is 5.91 Å². The molecule has 1 aromatic heterocycles. The SMILES string of the molecule is COc1ccc([C@@H]2CCN(Cc3cc(C(N)=O)cs3)C2)cc1. The molecule has 1 fully saturated rings. The Hall–Kier alpha value is -1.85. The smallest absolute Gasteiger partial charge is 0.249 e. The maximum Gasteiger partial charge on any atom is 0.249 e. The topological polar surface area (TPSA) is 55.6 Å². The molecule has 1 aliphatic rings. The average Bonchev–Trinajstić information content (AvgIpc) is 3.17. The van der Waals surface area contributed by atoms with Crippen LogP contribution in [0.25, 0.3) is 0 Å². The number of rotatable bonds is 5. The lowest BCUT2D eigenvalue weighted by atomic mass is 9.98. The van der Waals surface area contributed by atoms with Crippen LogP contribution in [0.2, 0.25) is 0 Å². The number of carbonyl (C=O) groups excluding carboxylic acids is 1. The van der Waals surface area contributed by atoms with E-state index >= 15 is 0 Å². The van der Waals surface area contributed by atoms with Crippen molar-refractivity contribution in [3.63, 3.8) is 0 Å². The van der Waals surface area contributed by atoms with Crippen LogP contribution < -0.4 is 10.5 Å². The molecular weight excluding hydrogens is 296 g/mol. The maximum absolute atomic E-state index is 11.1. The molecule has 1 aliphatic heterocycles. The van der Waals surface area contributed by atoms with E-state index < -0.39 is 0 Å². The van der Waals surface area contributed by atoms with Crippen LogP contribution in [0.5, 0.6) is 5.75 Å². The lowest BCUT2D eigenvalue weighted by Gasteiger charge is -2.15. The van der Waals surface area contributed by atoms with Gasteiger partial charge in [0.05, 0.1) is 12.7 Å². The Morgan fingerprint density at radius 3 is 2.82 bits per heavy atom. The number of nitrogens with zero attached hydrogens (tertiary/aromatic N) is 1. The van der Waals surface area contributed by atoms with Gasteiger partial charge in [-0.1, -0.05) is 12.1 Å². The second kappa shape index (κ2) is 6.50. The molecule has 5 heteroatoms. The molecule has 0 radical (unpaired) electrons. The minimum atomic E-state index is -0.347. The van der Waals surface area contributed by atoms with Gasteiger partial charge >= 0.3 is 0 Å². The fourth-order valence-corrected chi connectivity index (χ4v) is 3.85. The van der Waals surface area contributed by atoms with Crippen molar-refractivity contribution < 1.29 is 9.53 Å². The van der Waals surface area contributed by atoms with E-state index in [9.17, 15) is 4.79 Å². The molecule has 4 nitrogen and oxygen atoms in total. The zero-order chi connectivity index (χ0) is 15.5. The summed E-state index contributed by atoms with van der Waals surface area (Å²) in [5.74, 6) is 1.12. The highest BCUT2D eigenvalue weighted by Crippen LogP contribution is 2.30. The van der Waals surface area contributed by atoms with Gasteiger partial charge in [0.1, 0.15) is 5.75 Å².